The molecule has 2 rings (SSSR count). The molecule has 1 aromatic heterocycles. The zero-order chi connectivity index (χ0) is 13.8. The maximum atomic E-state index is 6.30. The lowest BCUT2D eigenvalue weighted by Crippen LogP contribution is -2.13. The third-order valence-corrected chi connectivity index (χ3v) is 4.00. The lowest BCUT2D eigenvalue weighted by Gasteiger charge is -2.22. The molecule has 0 atom stereocenters. The van der Waals surface area contributed by atoms with Gasteiger partial charge in [-0.25, -0.2) is 4.98 Å². The van der Waals surface area contributed by atoms with Crippen LogP contribution in [-0.2, 0) is 13.0 Å². The van der Waals surface area contributed by atoms with Crippen molar-refractivity contribution < 1.29 is 0 Å². The van der Waals surface area contributed by atoms with Gasteiger partial charge in [0.25, 0.3) is 0 Å². The average molecular weight is 261 g/mol. The van der Waals surface area contributed by atoms with E-state index in [1.54, 1.807) is 0 Å². The fourth-order valence-electron chi connectivity index (χ4n) is 3.07. The summed E-state index contributed by atoms with van der Waals surface area (Å²) in [6, 6.07) is 0. The Morgan fingerprint density at radius 2 is 2.05 bits per heavy atom. The summed E-state index contributed by atoms with van der Waals surface area (Å²) in [5.74, 6) is 3.24. The Balaban J connectivity index is 2.31. The number of nitrogen functional groups attached to an aromatic ring is 1. The van der Waals surface area contributed by atoms with E-state index in [0.717, 1.165) is 24.5 Å². The van der Waals surface area contributed by atoms with Crippen LogP contribution in [0.1, 0.15) is 63.4 Å². The summed E-state index contributed by atoms with van der Waals surface area (Å²) in [6.45, 7) is 9.06. The summed E-state index contributed by atoms with van der Waals surface area (Å²) in [4.78, 5) is 4.88. The maximum absolute atomic E-state index is 6.30. The maximum Gasteiger partial charge on any atom is 0.127 e. The van der Waals surface area contributed by atoms with Gasteiger partial charge in [-0.1, -0.05) is 39.2 Å². The SMILES string of the molecule is C=CCn1c(C2CCCCC2)nc(CC(C)C)c1N. The fraction of sp³-hybridized carbons (Fsp3) is 0.688. The zero-order valence-corrected chi connectivity index (χ0v) is 12.4. The van der Waals surface area contributed by atoms with Crippen molar-refractivity contribution in [2.24, 2.45) is 5.92 Å². The van der Waals surface area contributed by atoms with E-state index < -0.39 is 0 Å². The fourth-order valence-corrected chi connectivity index (χ4v) is 3.07. The van der Waals surface area contributed by atoms with Crippen LogP contribution in [0.2, 0.25) is 0 Å². The monoisotopic (exact) mass is 261 g/mol. The average Bonchev–Trinajstić information content (AvgIpc) is 2.69. The second kappa shape index (κ2) is 6.27. The first-order valence-corrected chi connectivity index (χ1v) is 7.59. The molecule has 1 aliphatic carbocycles. The Labute approximate surface area is 116 Å². The molecule has 106 valence electrons. The molecule has 1 fully saturated rings. The quantitative estimate of drug-likeness (QED) is 0.817. The Morgan fingerprint density at radius 1 is 1.37 bits per heavy atom. The summed E-state index contributed by atoms with van der Waals surface area (Å²) in [5, 5.41) is 0. The van der Waals surface area contributed by atoms with Crippen LogP contribution < -0.4 is 5.73 Å². The number of imidazole rings is 1. The first-order valence-electron chi connectivity index (χ1n) is 7.59. The molecule has 2 N–H and O–H groups in total. The predicted octanol–water partition coefficient (Wildman–Crippen LogP) is 3.90. The van der Waals surface area contributed by atoms with Crippen LogP contribution in [0.3, 0.4) is 0 Å². The highest BCUT2D eigenvalue weighted by molar-refractivity contribution is 5.39. The Morgan fingerprint density at radius 3 is 2.63 bits per heavy atom. The molecule has 1 heterocycles. The van der Waals surface area contributed by atoms with E-state index in [9.17, 15) is 0 Å². The van der Waals surface area contributed by atoms with Crippen molar-refractivity contribution in [3.05, 3.63) is 24.2 Å². The number of nitrogens with two attached hydrogens (primary N) is 1. The number of anilines is 1. The van der Waals surface area contributed by atoms with Crippen LogP contribution in [0.4, 0.5) is 5.82 Å². The zero-order valence-electron chi connectivity index (χ0n) is 12.4. The number of aromatic nitrogens is 2. The van der Waals surface area contributed by atoms with E-state index in [-0.39, 0.29) is 0 Å². The lowest BCUT2D eigenvalue weighted by molar-refractivity contribution is 0.419. The smallest absolute Gasteiger partial charge is 0.127 e. The van der Waals surface area contributed by atoms with Crippen LogP contribution in [-0.4, -0.2) is 9.55 Å². The highest BCUT2D eigenvalue weighted by atomic mass is 15.1. The molecule has 0 aliphatic heterocycles. The predicted molar refractivity (Wildman–Crippen MR) is 81.2 cm³/mol. The van der Waals surface area contributed by atoms with Crippen molar-refractivity contribution in [2.45, 2.75) is 64.8 Å². The summed E-state index contributed by atoms with van der Waals surface area (Å²) < 4.78 is 2.18. The second-order valence-electron chi connectivity index (χ2n) is 6.13. The second-order valence-corrected chi connectivity index (χ2v) is 6.13. The number of allylic oxidation sites excluding steroid dienone is 1. The van der Waals surface area contributed by atoms with Crippen molar-refractivity contribution in [3.63, 3.8) is 0 Å². The van der Waals surface area contributed by atoms with Gasteiger partial charge in [0.1, 0.15) is 11.6 Å². The van der Waals surface area contributed by atoms with Crippen LogP contribution in [0, 0.1) is 5.92 Å². The Bertz CT molecular complexity index is 425. The van der Waals surface area contributed by atoms with Gasteiger partial charge in [-0.3, -0.25) is 0 Å². The van der Waals surface area contributed by atoms with Crippen molar-refractivity contribution >= 4 is 5.82 Å². The highest BCUT2D eigenvalue weighted by Crippen LogP contribution is 2.34. The van der Waals surface area contributed by atoms with Gasteiger partial charge in [0.05, 0.1) is 5.69 Å². The van der Waals surface area contributed by atoms with Gasteiger partial charge in [0.15, 0.2) is 0 Å². The molecule has 3 nitrogen and oxygen atoms in total. The topological polar surface area (TPSA) is 43.8 Å². The summed E-state index contributed by atoms with van der Waals surface area (Å²) >= 11 is 0. The van der Waals surface area contributed by atoms with E-state index >= 15 is 0 Å². The standard InChI is InChI=1S/C16H27N3/c1-4-10-19-15(17)14(11-12(2)3)18-16(19)13-8-6-5-7-9-13/h4,12-13H,1,5-11,17H2,2-3H3. The third-order valence-electron chi connectivity index (χ3n) is 4.00. The number of rotatable bonds is 5. The number of nitrogens with zero attached hydrogens (tertiary/aromatic N) is 2. The molecule has 0 bridgehead atoms. The van der Waals surface area contributed by atoms with E-state index in [2.05, 4.69) is 25.0 Å². The van der Waals surface area contributed by atoms with Gasteiger partial charge < -0.3 is 10.3 Å². The molecule has 0 unspecified atom stereocenters. The van der Waals surface area contributed by atoms with Crippen molar-refractivity contribution in [1.82, 2.24) is 9.55 Å². The summed E-state index contributed by atoms with van der Waals surface area (Å²) in [7, 11) is 0. The largest absolute Gasteiger partial charge is 0.384 e. The van der Waals surface area contributed by atoms with Crippen molar-refractivity contribution in [1.29, 1.82) is 0 Å². The minimum Gasteiger partial charge on any atom is -0.384 e. The van der Waals surface area contributed by atoms with E-state index in [4.69, 9.17) is 10.7 Å². The van der Waals surface area contributed by atoms with Gasteiger partial charge >= 0.3 is 0 Å². The van der Waals surface area contributed by atoms with Crippen LogP contribution >= 0.6 is 0 Å². The molecule has 3 heteroatoms. The summed E-state index contributed by atoms with van der Waals surface area (Å²) in [5.41, 5.74) is 7.38. The van der Waals surface area contributed by atoms with Gasteiger partial charge in [0, 0.05) is 12.5 Å². The molecule has 0 aromatic carbocycles. The van der Waals surface area contributed by atoms with E-state index in [0.29, 0.717) is 11.8 Å². The molecule has 1 aliphatic rings. The van der Waals surface area contributed by atoms with Gasteiger partial charge in [0.2, 0.25) is 0 Å². The minimum atomic E-state index is 0.591. The lowest BCUT2D eigenvalue weighted by atomic mass is 9.88. The molecule has 0 amide bonds. The van der Waals surface area contributed by atoms with E-state index in [1.807, 2.05) is 6.08 Å². The number of hydrogen-bond acceptors (Lipinski definition) is 2. The molecule has 19 heavy (non-hydrogen) atoms. The molecule has 0 radical (unpaired) electrons. The number of hydrogen-bond donors (Lipinski definition) is 1. The third kappa shape index (κ3) is 3.20. The Kier molecular flexibility index (Phi) is 4.67. The molecular weight excluding hydrogens is 234 g/mol. The van der Waals surface area contributed by atoms with Gasteiger partial charge in [-0.2, -0.15) is 0 Å². The molecule has 0 spiro atoms. The molecule has 1 aromatic rings. The molecule has 0 saturated heterocycles. The van der Waals surface area contributed by atoms with Crippen LogP contribution in [0.25, 0.3) is 0 Å². The first kappa shape index (κ1) is 14.2. The Hall–Kier alpha value is -1.25. The van der Waals surface area contributed by atoms with Crippen molar-refractivity contribution in [3.8, 4) is 0 Å². The normalized spacial score (nSPS) is 17.0. The van der Waals surface area contributed by atoms with Crippen molar-refractivity contribution in [2.75, 3.05) is 5.73 Å². The van der Waals surface area contributed by atoms with Crippen LogP contribution in [0.5, 0.6) is 0 Å². The first-order chi connectivity index (χ1) is 9.13. The van der Waals surface area contributed by atoms with Gasteiger partial charge in [-0.05, 0) is 25.2 Å². The highest BCUT2D eigenvalue weighted by Gasteiger charge is 2.23. The van der Waals surface area contributed by atoms with E-state index in [1.165, 1.54) is 37.9 Å². The molecule has 1 saturated carbocycles. The summed E-state index contributed by atoms with van der Waals surface area (Å²) in [6.07, 6.45) is 9.42. The molecular formula is C16H27N3. The van der Waals surface area contributed by atoms with Crippen LogP contribution in [0.15, 0.2) is 12.7 Å². The van der Waals surface area contributed by atoms with Gasteiger partial charge in [-0.15, -0.1) is 6.58 Å². The minimum absolute atomic E-state index is 0.591.